The molecule has 2 aromatic rings. The number of benzene rings is 1. The Labute approximate surface area is 123 Å². The molecule has 1 aromatic carbocycles. The normalized spacial score (nSPS) is 16.8. The molecule has 5 nitrogen and oxygen atoms in total. The van der Waals surface area contributed by atoms with Gasteiger partial charge in [0.05, 0.1) is 23.0 Å². The fourth-order valence-corrected chi connectivity index (χ4v) is 2.72. The average molecular weight is 285 g/mol. The van der Waals surface area contributed by atoms with Gasteiger partial charge in [-0.25, -0.2) is 4.68 Å². The Bertz CT molecular complexity index is 615. The van der Waals surface area contributed by atoms with Crippen LogP contribution in [0.25, 0.3) is 5.69 Å². The van der Waals surface area contributed by atoms with E-state index in [1.807, 2.05) is 30.3 Å². The predicted octanol–water partition coefficient (Wildman–Crippen LogP) is 1.91. The number of aliphatic hydroxyl groups is 1. The lowest BCUT2D eigenvalue weighted by Crippen LogP contribution is -2.40. The molecule has 1 fully saturated rings. The summed E-state index contributed by atoms with van der Waals surface area (Å²) in [5.74, 6) is -0.197. The molecule has 0 radical (unpaired) electrons. The van der Waals surface area contributed by atoms with Crippen molar-refractivity contribution in [2.75, 3.05) is 6.54 Å². The van der Waals surface area contributed by atoms with E-state index >= 15 is 0 Å². The molecule has 0 saturated heterocycles. The van der Waals surface area contributed by atoms with E-state index in [1.54, 1.807) is 17.1 Å². The van der Waals surface area contributed by atoms with Crippen molar-refractivity contribution in [1.82, 2.24) is 15.1 Å². The van der Waals surface area contributed by atoms with Gasteiger partial charge in [0.25, 0.3) is 5.91 Å². The van der Waals surface area contributed by atoms with Crippen molar-refractivity contribution in [1.29, 1.82) is 0 Å². The summed E-state index contributed by atoms with van der Waals surface area (Å²) < 4.78 is 1.67. The van der Waals surface area contributed by atoms with Gasteiger partial charge in [-0.15, -0.1) is 0 Å². The highest BCUT2D eigenvalue weighted by Gasteiger charge is 2.31. The Morgan fingerprint density at radius 2 is 2.00 bits per heavy atom. The van der Waals surface area contributed by atoms with Crippen molar-refractivity contribution < 1.29 is 9.90 Å². The summed E-state index contributed by atoms with van der Waals surface area (Å²) in [4.78, 5) is 12.1. The molecule has 1 saturated carbocycles. The number of hydrogen-bond donors (Lipinski definition) is 2. The van der Waals surface area contributed by atoms with E-state index in [9.17, 15) is 9.90 Å². The van der Waals surface area contributed by atoms with Crippen LogP contribution in [0.1, 0.15) is 36.0 Å². The minimum Gasteiger partial charge on any atom is -0.388 e. The van der Waals surface area contributed by atoms with E-state index in [0.29, 0.717) is 12.1 Å². The molecule has 5 heteroatoms. The first-order valence-electron chi connectivity index (χ1n) is 7.27. The molecule has 0 bridgehead atoms. The summed E-state index contributed by atoms with van der Waals surface area (Å²) in [6.45, 7) is 0.308. The van der Waals surface area contributed by atoms with Crippen LogP contribution in [-0.4, -0.2) is 32.9 Å². The van der Waals surface area contributed by atoms with E-state index in [0.717, 1.165) is 31.4 Å². The van der Waals surface area contributed by atoms with Crippen molar-refractivity contribution in [3.8, 4) is 5.69 Å². The molecular weight excluding hydrogens is 266 g/mol. The molecule has 1 aliphatic carbocycles. The number of para-hydroxylation sites is 1. The third kappa shape index (κ3) is 3.13. The highest BCUT2D eigenvalue weighted by atomic mass is 16.3. The average Bonchev–Trinajstić information content (AvgIpc) is 3.16. The highest BCUT2D eigenvalue weighted by molar-refractivity contribution is 5.93. The minimum atomic E-state index is -0.731. The molecule has 1 aliphatic rings. The van der Waals surface area contributed by atoms with Crippen LogP contribution in [0, 0.1) is 0 Å². The third-order valence-electron chi connectivity index (χ3n) is 3.98. The quantitative estimate of drug-likeness (QED) is 0.901. The molecule has 21 heavy (non-hydrogen) atoms. The molecule has 1 heterocycles. The molecule has 1 amide bonds. The summed E-state index contributed by atoms with van der Waals surface area (Å²) in [6.07, 6.45) is 6.81. The van der Waals surface area contributed by atoms with Crippen molar-refractivity contribution in [3.63, 3.8) is 0 Å². The first-order valence-corrected chi connectivity index (χ1v) is 7.27. The zero-order chi connectivity index (χ0) is 14.7. The molecular formula is C16H19N3O2. The second-order valence-electron chi connectivity index (χ2n) is 5.62. The number of carbonyl (C=O) groups excluding carboxylic acids is 1. The van der Waals surface area contributed by atoms with Crippen LogP contribution in [0.2, 0.25) is 0 Å². The molecule has 0 aliphatic heterocycles. The van der Waals surface area contributed by atoms with Gasteiger partial charge in [-0.1, -0.05) is 31.0 Å². The van der Waals surface area contributed by atoms with Gasteiger partial charge in [0.2, 0.25) is 0 Å². The molecule has 0 unspecified atom stereocenters. The van der Waals surface area contributed by atoms with Crippen LogP contribution in [0.15, 0.2) is 42.7 Å². The van der Waals surface area contributed by atoms with E-state index in [-0.39, 0.29) is 5.91 Å². The second kappa shape index (κ2) is 5.69. The van der Waals surface area contributed by atoms with Crippen LogP contribution in [0.5, 0.6) is 0 Å². The number of rotatable bonds is 4. The van der Waals surface area contributed by atoms with Gasteiger partial charge in [0, 0.05) is 12.7 Å². The van der Waals surface area contributed by atoms with E-state index < -0.39 is 5.60 Å². The standard InChI is InChI=1S/C16H19N3O2/c20-15(17-12-16(21)8-4-5-9-16)13-10-18-19(11-13)14-6-2-1-3-7-14/h1-3,6-7,10-11,21H,4-5,8-9,12H2,(H,17,20). The smallest absolute Gasteiger partial charge is 0.254 e. The Hall–Kier alpha value is -2.14. The number of carbonyl (C=O) groups is 1. The van der Waals surface area contributed by atoms with Crippen LogP contribution in [-0.2, 0) is 0 Å². The number of amides is 1. The van der Waals surface area contributed by atoms with E-state index in [2.05, 4.69) is 10.4 Å². The number of hydrogen-bond acceptors (Lipinski definition) is 3. The summed E-state index contributed by atoms with van der Waals surface area (Å²) in [5, 5.41) is 17.2. The van der Waals surface area contributed by atoms with Gasteiger partial charge in [0.15, 0.2) is 0 Å². The maximum atomic E-state index is 12.1. The van der Waals surface area contributed by atoms with Gasteiger partial charge in [0.1, 0.15) is 0 Å². The number of nitrogens with one attached hydrogen (secondary N) is 1. The zero-order valence-corrected chi connectivity index (χ0v) is 11.8. The highest BCUT2D eigenvalue weighted by Crippen LogP contribution is 2.28. The van der Waals surface area contributed by atoms with Gasteiger partial charge in [-0.3, -0.25) is 4.79 Å². The Balaban J connectivity index is 1.64. The lowest BCUT2D eigenvalue weighted by Gasteiger charge is -2.22. The molecule has 3 rings (SSSR count). The van der Waals surface area contributed by atoms with Crippen molar-refractivity contribution in [2.24, 2.45) is 0 Å². The van der Waals surface area contributed by atoms with Crippen molar-refractivity contribution in [2.45, 2.75) is 31.3 Å². The van der Waals surface area contributed by atoms with Crippen LogP contribution >= 0.6 is 0 Å². The fourth-order valence-electron chi connectivity index (χ4n) is 2.72. The second-order valence-corrected chi connectivity index (χ2v) is 5.62. The van der Waals surface area contributed by atoms with E-state index in [4.69, 9.17) is 0 Å². The SMILES string of the molecule is O=C(NCC1(O)CCCC1)c1cnn(-c2ccccc2)c1. The van der Waals surface area contributed by atoms with Crippen LogP contribution < -0.4 is 5.32 Å². The topological polar surface area (TPSA) is 67.2 Å². The van der Waals surface area contributed by atoms with Crippen molar-refractivity contribution >= 4 is 5.91 Å². The van der Waals surface area contributed by atoms with Crippen LogP contribution in [0.3, 0.4) is 0 Å². The zero-order valence-electron chi connectivity index (χ0n) is 11.8. The minimum absolute atomic E-state index is 0.197. The summed E-state index contributed by atoms with van der Waals surface area (Å²) >= 11 is 0. The molecule has 0 atom stereocenters. The first-order chi connectivity index (χ1) is 10.2. The summed E-state index contributed by atoms with van der Waals surface area (Å²) in [6, 6.07) is 9.63. The molecule has 110 valence electrons. The third-order valence-corrected chi connectivity index (χ3v) is 3.98. The number of aromatic nitrogens is 2. The predicted molar refractivity (Wildman–Crippen MR) is 79.3 cm³/mol. The van der Waals surface area contributed by atoms with Gasteiger partial charge in [-0.2, -0.15) is 5.10 Å². The summed E-state index contributed by atoms with van der Waals surface area (Å²) in [5.41, 5.74) is 0.678. The summed E-state index contributed by atoms with van der Waals surface area (Å²) in [7, 11) is 0. The monoisotopic (exact) mass is 285 g/mol. The maximum Gasteiger partial charge on any atom is 0.254 e. The van der Waals surface area contributed by atoms with Gasteiger partial charge in [-0.05, 0) is 25.0 Å². The Morgan fingerprint density at radius 1 is 1.29 bits per heavy atom. The fraction of sp³-hybridized carbons (Fsp3) is 0.375. The Kier molecular flexibility index (Phi) is 3.75. The largest absolute Gasteiger partial charge is 0.388 e. The lowest BCUT2D eigenvalue weighted by atomic mass is 10.0. The van der Waals surface area contributed by atoms with E-state index in [1.165, 1.54) is 0 Å². The van der Waals surface area contributed by atoms with Gasteiger partial charge < -0.3 is 10.4 Å². The van der Waals surface area contributed by atoms with Crippen LogP contribution in [0.4, 0.5) is 0 Å². The first kappa shape index (κ1) is 13.8. The lowest BCUT2D eigenvalue weighted by molar-refractivity contribution is 0.0449. The maximum absolute atomic E-state index is 12.1. The number of nitrogens with zero attached hydrogens (tertiary/aromatic N) is 2. The van der Waals surface area contributed by atoms with Gasteiger partial charge >= 0.3 is 0 Å². The molecule has 1 aromatic heterocycles. The molecule has 2 N–H and O–H groups in total. The Morgan fingerprint density at radius 3 is 2.71 bits per heavy atom. The molecule has 0 spiro atoms. The van der Waals surface area contributed by atoms with Crippen molar-refractivity contribution in [3.05, 3.63) is 48.3 Å².